The second-order valence-electron chi connectivity index (χ2n) is 7.43. The summed E-state index contributed by atoms with van der Waals surface area (Å²) in [6, 6.07) is 21.6. The molecule has 2 heterocycles. The van der Waals surface area contributed by atoms with E-state index in [0.29, 0.717) is 6.42 Å². The highest BCUT2D eigenvalue weighted by Gasteiger charge is 2.42. The molecule has 0 saturated heterocycles. The molecule has 0 radical (unpaired) electrons. The summed E-state index contributed by atoms with van der Waals surface area (Å²) in [5.41, 5.74) is 4.85. The molecule has 0 spiro atoms. The number of ether oxygens (including phenoxy) is 2. The first-order chi connectivity index (χ1) is 14.2. The van der Waals surface area contributed by atoms with Gasteiger partial charge < -0.3 is 14.6 Å². The van der Waals surface area contributed by atoms with Gasteiger partial charge in [0, 0.05) is 23.1 Å². The van der Waals surface area contributed by atoms with Crippen molar-refractivity contribution in [2.45, 2.75) is 25.6 Å². The lowest BCUT2D eigenvalue weighted by Crippen LogP contribution is -2.33. The van der Waals surface area contributed by atoms with Crippen molar-refractivity contribution in [1.29, 1.82) is 0 Å². The molecule has 5 nitrogen and oxygen atoms in total. The Morgan fingerprint density at radius 1 is 1.07 bits per heavy atom. The van der Waals surface area contributed by atoms with Crippen LogP contribution in [0.25, 0.3) is 0 Å². The van der Waals surface area contributed by atoms with Gasteiger partial charge >= 0.3 is 0 Å². The van der Waals surface area contributed by atoms with Crippen molar-refractivity contribution in [2.24, 2.45) is 5.10 Å². The Hall–Kier alpha value is -3.47. The van der Waals surface area contributed by atoms with Crippen molar-refractivity contribution in [1.82, 2.24) is 5.01 Å². The highest BCUT2D eigenvalue weighted by Crippen LogP contribution is 2.51. The number of rotatable bonds is 3. The van der Waals surface area contributed by atoms with E-state index in [4.69, 9.17) is 14.6 Å². The lowest BCUT2D eigenvalue weighted by Gasteiger charge is -2.38. The minimum absolute atomic E-state index is 0.00830. The zero-order valence-electron chi connectivity index (χ0n) is 16.4. The molecule has 5 rings (SSSR count). The molecule has 0 saturated carbocycles. The van der Waals surface area contributed by atoms with Gasteiger partial charge in [-0.25, -0.2) is 5.01 Å². The average Bonchev–Trinajstić information content (AvgIpc) is 3.18. The zero-order chi connectivity index (χ0) is 20.0. The fraction of sp³-hybridized carbons (Fsp3) is 0.208. The van der Waals surface area contributed by atoms with Crippen molar-refractivity contribution in [3.63, 3.8) is 0 Å². The summed E-state index contributed by atoms with van der Waals surface area (Å²) in [4.78, 5) is 0. The van der Waals surface area contributed by atoms with Gasteiger partial charge in [0.25, 0.3) is 0 Å². The maximum absolute atomic E-state index is 10.4. The number of hydrogen-bond acceptors (Lipinski definition) is 5. The smallest absolute Gasteiger partial charge is 0.214 e. The Balaban J connectivity index is 1.65. The van der Waals surface area contributed by atoms with Gasteiger partial charge in [-0.15, -0.1) is 0 Å². The molecule has 2 aliphatic heterocycles. The lowest BCUT2D eigenvalue weighted by molar-refractivity contribution is -0.0209. The van der Waals surface area contributed by atoms with Gasteiger partial charge in [-0.05, 0) is 25.1 Å². The normalized spacial score (nSPS) is 19.8. The number of methoxy groups -OCH3 is 1. The van der Waals surface area contributed by atoms with Gasteiger partial charge in [0.2, 0.25) is 6.23 Å². The third kappa shape index (κ3) is 2.90. The SMILES string of the molecule is COc1cccc2c1O[C@H](c1cccc(C)c1)N1N=C(c3ccccc3O)C[C@@H]21. The summed E-state index contributed by atoms with van der Waals surface area (Å²) in [6.45, 7) is 2.07. The predicted molar refractivity (Wildman–Crippen MR) is 111 cm³/mol. The first kappa shape index (κ1) is 17.6. The van der Waals surface area contributed by atoms with E-state index in [1.54, 1.807) is 13.2 Å². The van der Waals surface area contributed by atoms with Crippen LogP contribution in [-0.2, 0) is 0 Å². The van der Waals surface area contributed by atoms with Crippen molar-refractivity contribution in [3.8, 4) is 17.2 Å². The van der Waals surface area contributed by atoms with E-state index in [1.807, 2.05) is 41.4 Å². The molecule has 3 aromatic rings. The van der Waals surface area contributed by atoms with Crippen LogP contribution >= 0.6 is 0 Å². The number of aryl methyl sites for hydroxylation is 1. The van der Waals surface area contributed by atoms with Crippen molar-refractivity contribution >= 4 is 5.71 Å². The largest absolute Gasteiger partial charge is 0.507 e. The monoisotopic (exact) mass is 386 g/mol. The highest BCUT2D eigenvalue weighted by atomic mass is 16.5. The van der Waals surface area contributed by atoms with Crippen LogP contribution in [0.5, 0.6) is 17.2 Å². The molecule has 146 valence electrons. The number of phenolic OH excluding ortho intramolecular Hbond substituents is 1. The first-order valence-corrected chi connectivity index (χ1v) is 9.70. The second kappa shape index (κ2) is 6.85. The summed E-state index contributed by atoms with van der Waals surface area (Å²) in [7, 11) is 1.66. The van der Waals surface area contributed by atoms with Crippen molar-refractivity contribution < 1.29 is 14.6 Å². The molecule has 2 atom stereocenters. The van der Waals surface area contributed by atoms with E-state index in [1.165, 1.54) is 0 Å². The van der Waals surface area contributed by atoms with E-state index in [2.05, 4.69) is 31.2 Å². The average molecular weight is 386 g/mol. The molecule has 1 N–H and O–H groups in total. The number of fused-ring (bicyclic) bond motifs is 3. The lowest BCUT2D eigenvalue weighted by atomic mass is 9.95. The summed E-state index contributed by atoms with van der Waals surface area (Å²) in [5, 5.41) is 17.3. The molecule has 2 aliphatic rings. The van der Waals surface area contributed by atoms with E-state index < -0.39 is 0 Å². The molecule has 29 heavy (non-hydrogen) atoms. The predicted octanol–water partition coefficient (Wildman–Crippen LogP) is 4.95. The van der Waals surface area contributed by atoms with Crippen molar-refractivity contribution in [2.75, 3.05) is 7.11 Å². The minimum atomic E-state index is -0.368. The topological polar surface area (TPSA) is 54.3 Å². The van der Waals surface area contributed by atoms with E-state index in [0.717, 1.165) is 39.5 Å². The summed E-state index contributed by atoms with van der Waals surface area (Å²) >= 11 is 0. The Bertz CT molecular complexity index is 1110. The molecule has 0 unspecified atom stereocenters. The van der Waals surface area contributed by atoms with Crippen LogP contribution in [-0.4, -0.2) is 22.9 Å². The molecule has 0 aliphatic carbocycles. The van der Waals surface area contributed by atoms with Gasteiger partial charge in [0.15, 0.2) is 11.5 Å². The van der Waals surface area contributed by atoms with E-state index in [9.17, 15) is 5.11 Å². The molecule has 0 amide bonds. The third-order valence-electron chi connectivity index (χ3n) is 5.54. The number of para-hydroxylation sites is 2. The van der Waals surface area contributed by atoms with Crippen LogP contribution in [0.4, 0.5) is 0 Å². The minimum Gasteiger partial charge on any atom is -0.507 e. The molecular weight excluding hydrogens is 364 g/mol. The van der Waals surface area contributed by atoms with E-state index >= 15 is 0 Å². The van der Waals surface area contributed by atoms with Gasteiger partial charge in [0.05, 0.1) is 18.9 Å². The number of hydrazone groups is 1. The van der Waals surface area contributed by atoms with Crippen LogP contribution in [0.3, 0.4) is 0 Å². The van der Waals surface area contributed by atoms with Crippen LogP contribution in [0, 0.1) is 6.92 Å². The summed E-state index contributed by atoms with van der Waals surface area (Å²) in [6.07, 6.45) is 0.315. The van der Waals surface area contributed by atoms with Crippen molar-refractivity contribution in [3.05, 3.63) is 89.0 Å². The highest BCUT2D eigenvalue weighted by molar-refractivity contribution is 6.04. The fourth-order valence-corrected chi connectivity index (χ4v) is 4.17. The van der Waals surface area contributed by atoms with Gasteiger partial charge in [-0.1, -0.05) is 54.1 Å². The third-order valence-corrected chi connectivity index (χ3v) is 5.54. The Morgan fingerprint density at radius 3 is 2.69 bits per heavy atom. The van der Waals surface area contributed by atoms with Crippen LogP contribution in [0.15, 0.2) is 71.8 Å². The molecular formula is C24H22N2O3. The zero-order valence-corrected chi connectivity index (χ0v) is 16.4. The number of aromatic hydroxyl groups is 1. The number of hydrogen-bond donors (Lipinski definition) is 1. The van der Waals surface area contributed by atoms with Crippen LogP contribution in [0.1, 0.15) is 40.9 Å². The molecule has 0 fully saturated rings. The maximum atomic E-state index is 10.4. The Kier molecular flexibility index (Phi) is 4.16. The summed E-state index contributed by atoms with van der Waals surface area (Å²) < 4.78 is 12.0. The molecule has 5 heteroatoms. The second-order valence-corrected chi connectivity index (χ2v) is 7.43. The number of phenols is 1. The quantitative estimate of drug-likeness (QED) is 0.692. The van der Waals surface area contributed by atoms with Gasteiger partial charge in [-0.3, -0.25) is 0 Å². The van der Waals surface area contributed by atoms with Crippen LogP contribution < -0.4 is 9.47 Å². The van der Waals surface area contributed by atoms with Crippen LogP contribution in [0.2, 0.25) is 0 Å². The molecule has 0 aromatic heterocycles. The van der Waals surface area contributed by atoms with E-state index in [-0.39, 0.29) is 18.0 Å². The van der Waals surface area contributed by atoms with Gasteiger partial charge in [-0.2, -0.15) is 5.10 Å². The molecule has 0 bridgehead atoms. The summed E-state index contributed by atoms with van der Waals surface area (Å²) in [5.74, 6) is 1.72. The first-order valence-electron chi connectivity index (χ1n) is 9.70. The fourth-order valence-electron chi connectivity index (χ4n) is 4.17. The number of benzene rings is 3. The van der Waals surface area contributed by atoms with Gasteiger partial charge in [0.1, 0.15) is 5.75 Å². The Morgan fingerprint density at radius 2 is 1.90 bits per heavy atom. The maximum Gasteiger partial charge on any atom is 0.214 e. The Labute approximate surface area is 169 Å². The number of nitrogens with zero attached hydrogens (tertiary/aromatic N) is 2. The standard InChI is InChI=1S/C24H22N2O3/c1-15-7-5-8-16(13-15)24-26-20(18-10-6-12-22(28-2)23(18)29-24)14-19(25-26)17-9-3-4-11-21(17)27/h3-13,20,24,27H,14H2,1-2H3/t20-,24+/m0/s1. The molecule has 3 aromatic carbocycles.